The van der Waals surface area contributed by atoms with Crippen molar-refractivity contribution in [3.63, 3.8) is 0 Å². The van der Waals surface area contributed by atoms with E-state index < -0.39 is 5.82 Å². The van der Waals surface area contributed by atoms with Crippen molar-refractivity contribution in [2.45, 2.75) is 0 Å². The summed E-state index contributed by atoms with van der Waals surface area (Å²) in [5.74, 6) is -0.585. The third-order valence-corrected chi connectivity index (χ3v) is 2.54. The Morgan fingerprint density at radius 2 is 1.90 bits per heavy atom. The van der Waals surface area contributed by atoms with Gasteiger partial charge in [-0.25, -0.2) is 4.39 Å². The van der Waals surface area contributed by atoms with Crippen molar-refractivity contribution in [3.05, 3.63) is 32.5 Å². The molecule has 0 radical (unpaired) electrons. The van der Waals surface area contributed by atoms with Crippen molar-refractivity contribution in [2.75, 3.05) is 0 Å². The highest BCUT2D eigenvalue weighted by atomic mass is 79.9. The predicted octanol–water partition coefficient (Wildman–Crippen LogP) is 3.90. The molecule has 0 aliphatic carbocycles. The van der Waals surface area contributed by atoms with E-state index in [0.29, 0.717) is 4.47 Å². The summed E-state index contributed by atoms with van der Waals surface area (Å²) >= 11 is 13.9. The highest BCUT2D eigenvalue weighted by Gasteiger charge is 2.06. The molecule has 0 N–H and O–H groups in total. The minimum atomic E-state index is -0.585. The maximum Gasteiger partial charge on any atom is 0.161 e. The second kappa shape index (κ2) is 3.07. The SMILES string of the molecule is Fc1c(Cl)ccc(Br)c1Cl. The van der Waals surface area contributed by atoms with Gasteiger partial charge in [0.2, 0.25) is 0 Å². The van der Waals surface area contributed by atoms with Gasteiger partial charge in [-0.1, -0.05) is 23.2 Å². The molecule has 1 aromatic carbocycles. The summed E-state index contributed by atoms with van der Waals surface area (Å²) in [6.07, 6.45) is 0. The molecule has 10 heavy (non-hydrogen) atoms. The van der Waals surface area contributed by atoms with Crippen LogP contribution in [0.5, 0.6) is 0 Å². The summed E-state index contributed by atoms with van der Waals surface area (Å²) in [5.41, 5.74) is 0. The van der Waals surface area contributed by atoms with Gasteiger partial charge >= 0.3 is 0 Å². The molecule has 0 nitrogen and oxygen atoms in total. The van der Waals surface area contributed by atoms with E-state index in [1.165, 1.54) is 6.07 Å². The van der Waals surface area contributed by atoms with Crippen LogP contribution in [0.3, 0.4) is 0 Å². The van der Waals surface area contributed by atoms with Crippen molar-refractivity contribution in [1.29, 1.82) is 0 Å². The van der Waals surface area contributed by atoms with E-state index in [0.717, 1.165) is 0 Å². The normalized spacial score (nSPS) is 10.0. The number of hydrogen-bond acceptors (Lipinski definition) is 0. The van der Waals surface area contributed by atoms with Gasteiger partial charge in [0.05, 0.1) is 10.0 Å². The third kappa shape index (κ3) is 1.44. The minimum absolute atomic E-state index is 0.0208. The third-order valence-electron chi connectivity index (χ3n) is 0.988. The minimum Gasteiger partial charge on any atom is -0.204 e. The molecular weight excluding hydrogens is 242 g/mol. The fourth-order valence-electron chi connectivity index (χ4n) is 0.502. The molecule has 0 bridgehead atoms. The molecule has 1 rings (SSSR count). The standard InChI is InChI=1S/C6H2BrCl2F/c7-3-1-2-4(8)6(10)5(3)9/h1-2H. The smallest absolute Gasteiger partial charge is 0.161 e. The monoisotopic (exact) mass is 242 g/mol. The van der Waals surface area contributed by atoms with Crippen LogP contribution >= 0.6 is 39.1 Å². The van der Waals surface area contributed by atoms with E-state index in [-0.39, 0.29) is 10.0 Å². The Hall–Kier alpha value is 0.210. The number of rotatable bonds is 0. The van der Waals surface area contributed by atoms with Gasteiger partial charge in [-0.3, -0.25) is 0 Å². The molecule has 0 heterocycles. The van der Waals surface area contributed by atoms with Crippen molar-refractivity contribution >= 4 is 39.1 Å². The van der Waals surface area contributed by atoms with Gasteiger partial charge < -0.3 is 0 Å². The Kier molecular flexibility index (Phi) is 2.55. The highest BCUT2D eigenvalue weighted by Crippen LogP contribution is 2.29. The first-order chi connectivity index (χ1) is 4.63. The molecule has 0 amide bonds. The first kappa shape index (κ1) is 8.31. The molecule has 1 aromatic rings. The second-order valence-corrected chi connectivity index (χ2v) is 3.30. The zero-order chi connectivity index (χ0) is 7.72. The van der Waals surface area contributed by atoms with Crippen LogP contribution in [0.2, 0.25) is 10.0 Å². The van der Waals surface area contributed by atoms with Crippen LogP contribution in [0.1, 0.15) is 0 Å². The summed E-state index contributed by atoms with van der Waals surface area (Å²) in [7, 11) is 0. The summed E-state index contributed by atoms with van der Waals surface area (Å²) in [4.78, 5) is 0. The lowest BCUT2D eigenvalue weighted by atomic mass is 10.3. The molecule has 4 heteroatoms. The summed E-state index contributed by atoms with van der Waals surface area (Å²) in [6, 6.07) is 3.03. The van der Waals surface area contributed by atoms with Crippen LogP contribution in [-0.4, -0.2) is 0 Å². The Bertz CT molecular complexity index is 235. The van der Waals surface area contributed by atoms with Crippen LogP contribution in [0, 0.1) is 5.82 Å². The molecule has 0 saturated carbocycles. The fraction of sp³-hybridized carbons (Fsp3) is 0. The van der Waals surface area contributed by atoms with E-state index >= 15 is 0 Å². The molecular formula is C6H2BrCl2F. The van der Waals surface area contributed by atoms with Crippen molar-refractivity contribution in [1.82, 2.24) is 0 Å². The largest absolute Gasteiger partial charge is 0.204 e. The van der Waals surface area contributed by atoms with E-state index in [4.69, 9.17) is 23.2 Å². The summed E-state index contributed by atoms with van der Waals surface area (Å²) < 4.78 is 13.2. The van der Waals surface area contributed by atoms with Crippen molar-refractivity contribution < 1.29 is 4.39 Å². The van der Waals surface area contributed by atoms with Crippen LogP contribution in [0.25, 0.3) is 0 Å². The van der Waals surface area contributed by atoms with Crippen LogP contribution in [-0.2, 0) is 0 Å². The maximum atomic E-state index is 12.7. The van der Waals surface area contributed by atoms with E-state index in [1.807, 2.05) is 0 Å². The second-order valence-electron chi connectivity index (χ2n) is 1.66. The highest BCUT2D eigenvalue weighted by molar-refractivity contribution is 9.10. The van der Waals surface area contributed by atoms with E-state index in [9.17, 15) is 4.39 Å². The lowest BCUT2D eigenvalue weighted by Gasteiger charge is -1.97. The molecule has 0 atom stereocenters. The van der Waals surface area contributed by atoms with Gasteiger partial charge in [-0.05, 0) is 28.1 Å². The lowest BCUT2D eigenvalue weighted by molar-refractivity contribution is 0.628. The predicted molar refractivity (Wildman–Crippen MR) is 44.1 cm³/mol. The molecule has 54 valence electrons. The van der Waals surface area contributed by atoms with Gasteiger partial charge in [-0.15, -0.1) is 0 Å². The van der Waals surface area contributed by atoms with E-state index in [1.54, 1.807) is 6.07 Å². The zero-order valence-corrected chi connectivity index (χ0v) is 7.76. The zero-order valence-electron chi connectivity index (χ0n) is 4.67. The average molecular weight is 244 g/mol. The molecule has 0 aliphatic heterocycles. The Morgan fingerprint density at radius 3 is 2.40 bits per heavy atom. The van der Waals surface area contributed by atoms with Crippen LogP contribution in [0.15, 0.2) is 16.6 Å². The molecule has 0 aliphatic rings. The summed E-state index contributed by atoms with van der Waals surface area (Å²) in [5, 5.41) is 0.0562. The van der Waals surface area contributed by atoms with Gasteiger partial charge in [-0.2, -0.15) is 0 Å². The van der Waals surface area contributed by atoms with Gasteiger partial charge in [0, 0.05) is 4.47 Å². The Labute approximate surface area is 76.1 Å². The van der Waals surface area contributed by atoms with Crippen molar-refractivity contribution in [3.8, 4) is 0 Å². The average Bonchev–Trinajstić information content (AvgIpc) is 1.93. The summed E-state index contributed by atoms with van der Waals surface area (Å²) in [6.45, 7) is 0. The number of hydrogen-bond donors (Lipinski definition) is 0. The topological polar surface area (TPSA) is 0 Å². The van der Waals surface area contributed by atoms with Gasteiger partial charge in [0.25, 0.3) is 0 Å². The molecule has 0 aromatic heterocycles. The molecule has 0 saturated heterocycles. The lowest BCUT2D eigenvalue weighted by Crippen LogP contribution is -1.78. The first-order valence-corrected chi connectivity index (χ1v) is 3.97. The molecule has 0 unspecified atom stereocenters. The van der Waals surface area contributed by atoms with Crippen LogP contribution in [0.4, 0.5) is 4.39 Å². The van der Waals surface area contributed by atoms with E-state index in [2.05, 4.69) is 15.9 Å². The number of halogens is 4. The first-order valence-electron chi connectivity index (χ1n) is 2.42. The molecule has 0 spiro atoms. The van der Waals surface area contributed by atoms with Gasteiger partial charge in [0.15, 0.2) is 5.82 Å². The van der Waals surface area contributed by atoms with Gasteiger partial charge in [0.1, 0.15) is 0 Å². The van der Waals surface area contributed by atoms with Crippen LogP contribution < -0.4 is 0 Å². The van der Waals surface area contributed by atoms with Crippen molar-refractivity contribution in [2.24, 2.45) is 0 Å². The Balaban J connectivity index is 3.34. The quantitative estimate of drug-likeness (QED) is 0.479. The maximum absolute atomic E-state index is 12.7. The fourth-order valence-corrected chi connectivity index (χ4v) is 1.18. The number of benzene rings is 1. The Morgan fingerprint density at radius 1 is 1.30 bits per heavy atom. The molecule has 0 fully saturated rings.